The molecule has 8 nitrogen and oxygen atoms in total. The number of aromatic nitrogens is 4. The minimum absolute atomic E-state index is 0.0874. The second-order valence-electron chi connectivity index (χ2n) is 6.02. The van der Waals surface area contributed by atoms with Gasteiger partial charge in [-0.3, -0.25) is 15.1 Å². The van der Waals surface area contributed by atoms with Crippen molar-refractivity contribution in [3.05, 3.63) is 86.1 Å². The van der Waals surface area contributed by atoms with Crippen molar-refractivity contribution in [3.8, 4) is 0 Å². The molecule has 0 amide bonds. The molecule has 11 heteroatoms. The highest BCUT2D eigenvalue weighted by Gasteiger charge is 2.29. The lowest BCUT2D eigenvalue weighted by Gasteiger charge is -2.14. The molecule has 4 rings (SSSR count). The quantitative estimate of drug-likeness (QED) is 0.243. The third kappa shape index (κ3) is 3.68. The van der Waals surface area contributed by atoms with Crippen LogP contribution in [-0.2, 0) is 0 Å². The van der Waals surface area contributed by atoms with Gasteiger partial charge < -0.3 is 5.32 Å². The minimum atomic E-state index is -0.690. The fourth-order valence-electron chi connectivity index (χ4n) is 2.94. The van der Waals surface area contributed by atoms with E-state index in [4.69, 9.17) is 34.8 Å². The van der Waals surface area contributed by atoms with Crippen molar-refractivity contribution in [2.24, 2.45) is 0 Å². The Labute approximate surface area is 184 Å². The molecule has 2 aromatic carbocycles. The Balaban J connectivity index is 2.02. The smallest absolute Gasteiger partial charge is 0.332 e. The fraction of sp³-hybridized carbons (Fsp3) is 0. The highest BCUT2D eigenvalue weighted by molar-refractivity contribution is 6.59. The summed E-state index contributed by atoms with van der Waals surface area (Å²) in [5.41, 5.74) is 1.58. The number of halogens is 3. The summed E-state index contributed by atoms with van der Waals surface area (Å²) >= 11 is 17.7. The summed E-state index contributed by atoms with van der Waals surface area (Å²) in [7, 11) is 0. The Bertz CT molecular complexity index is 1340. The van der Waals surface area contributed by atoms with Crippen LogP contribution in [0, 0.1) is 10.1 Å². The molecule has 0 fully saturated rings. The van der Waals surface area contributed by atoms with E-state index in [1.165, 1.54) is 4.68 Å². The summed E-state index contributed by atoms with van der Waals surface area (Å²) < 4.78 is 0.817. The maximum absolute atomic E-state index is 12.0. The van der Waals surface area contributed by atoms with Crippen LogP contribution >= 0.6 is 34.8 Å². The molecular weight excluding hydrogens is 451 g/mol. The van der Waals surface area contributed by atoms with Crippen molar-refractivity contribution in [2.75, 3.05) is 5.32 Å². The van der Waals surface area contributed by atoms with Gasteiger partial charge in [0.15, 0.2) is 5.03 Å². The zero-order chi connectivity index (χ0) is 21.3. The van der Waals surface area contributed by atoms with Gasteiger partial charge >= 0.3 is 5.70 Å². The van der Waals surface area contributed by atoms with E-state index < -0.39 is 20.1 Å². The fourth-order valence-corrected chi connectivity index (χ4v) is 3.28. The SMILES string of the molecule is O=[N+]([O-])/C(C(Cl)=C(Cl)Cl)=C(/Nc1cccc2cccnc12)n1nnc2ccccc21. The summed E-state index contributed by atoms with van der Waals surface area (Å²) in [4.78, 5) is 15.6. The van der Waals surface area contributed by atoms with Crippen LogP contribution in [-0.4, -0.2) is 24.9 Å². The summed E-state index contributed by atoms with van der Waals surface area (Å²) in [6.07, 6.45) is 1.62. The minimum Gasteiger partial charge on any atom is -0.333 e. The lowest BCUT2D eigenvalue weighted by atomic mass is 10.2. The summed E-state index contributed by atoms with van der Waals surface area (Å²) in [6.45, 7) is 0. The molecule has 0 saturated carbocycles. The normalized spacial score (nSPS) is 12.0. The Kier molecular flexibility index (Phi) is 5.54. The Morgan fingerprint density at radius 3 is 2.57 bits per heavy atom. The number of anilines is 1. The first-order valence-corrected chi connectivity index (χ1v) is 9.62. The zero-order valence-corrected chi connectivity index (χ0v) is 17.2. The standard InChI is InChI=1S/C19H11Cl3N6O2/c20-15(18(21)22)17(28(29)30)19(27-14-9-2-1-7-12(14)25-26-27)24-13-8-3-5-11-6-4-10-23-16(11)13/h1-10,24H/b19-17-. The molecule has 30 heavy (non-hydrogen) atoms. The van der Waals surface area contributed by atoms with Gasteiger partial charge in [0, 0.05) is 11.6 Å². The van der Waals surface area contributed by atoms with Crippen molar-refractivity contribution in [3.63, 3.8) is 0 Å². The number of hydrogen-bond acceptors (Lipinski definition) is 6. The van der Waals surface area contributed by atoms with Crippen molar-refractivity contribution in [1.82, 2.24) is 20.0 Å². The first-order valence-electron chi connectivity index (χ1n) is 8.49. The van der Waals surface area contributed by atoms with Crippen LogP contribution in [0.3, 0.4) is 0 Å². The monoisotopic (exact) mass is 460 g/mol. The van der Waals surface area contributed by atoms with Gasteiger partial charge in [-0.25, -0.2) is 0 Å². The lowest BCUT2D eigenvalue weighted by Crippen LogP contribution is -2.16. The molecule has 2 heterocycles. The van der Waals surface area contributed by atoms with Crippen LogP contribution in [0.15, 0.2) is 76.0 Å². The molecule has 0 spiro atoms. The molecule has 0 radical (unpaired) electrons. The van der Waals surface area contributed by atoms with E-state index in [1.807, 2.05) is 12.1 Å². The van der Waals surface area contributed by atoms with Gasteiger partial charge in [0.2, 0.25) is 5.82 Å². The average molecular weight is 462 g/mol. The number of nitrogens with zero attached hydrogens (tertiary/aromatic N) is 5. The van der Waals surface area contributed by atoms with E-state index in [0.717, 1.165) is 5.39 Å². The van der Waals surface area contributed by atoms with Gasteiger partial charge in [0.05, 0.1) is 21.6 Å². The second kappa shape index (κ2) is 8.27. The molecule has 0 aliphatic rings. The van der Waals surface area contributed by atoms with Crippen LogP contribution in [0.5, 0.6) is 0 Å². The number of nitro groups is 1. The lowest BCUT2D eigenvalue weighted by molar-refractivity contribution is -0.419. The number of pyridine rings is 1. The third-order valence-electron chi connectivity index (χ3n) is 4.23. The molecule has 0 bridgehead atoms. The Morgan fingerprint density at radius 1 is 1.03 bits per heavy atom. The van der Waals surface area contributed by atoms with Crippen molar-refractivity contribution in [1.29, 1.82) is 0 Å². The van der Waals surface area contributed by atoms with E-state index >= 15 is 0 Å². The van der Waals surface area contributed by atoms with Gasteiger partial charge in [0.25, 0.3) is 0 Å². The van der Waals surface area contributed by atoms with Gasteiger partial charge in [-0.1, -0.05) is 70.3 Å². The van der Waals surface area contributed by atoms with Crippen LogP contribution in [0.4, 0.5) is 5.69 Å². The Hall–Kier alpha value is -3.20. The van der Waals surface area contributed by atoms with Crippen molar-refractivity contribution < 1.29 is 4.92 Å². The molecule has 0 unspecified atom stereocenters. The zero-order valence-electron chi connectivity index (χ0n) is 15.0. The highest BCUT2D eigenvalue weighted by Crippen LogP contribution is 2.32. The van der Waals surface area contributed by atoms with Gasteiger partial charge in [-0.2, -0.15) is 4.68 Å². The molecule has 0 aliphatic carbocycles. The number of nitrogens with one attached hydrogen (secondary N) is 1. The number of hydrogen-bond donors (Lipinski definition) is 1. The van der Waals surface area contributed by atoms with Gasteiger partial charge in [-0.15, -0.1) is 5.10 Å². The summed E-state index contributed by atoms with van der Waals surface area (Å²) in [5, 5.41) is 23.5. The first kappa shape index (κ1) is 20.1. The molecular formula is C19H11Cl3N6O2. The number of allylic oxidation sites excluding steroid dienone is 1. The van der Waals surface area contributed by atoms with E-state index in [9.17, 15) is 10.1 Å². The highest BCUT2D eigenvalue weighted by atomic mass is 35.5. The van der Waals surface area contributed by atoms with Crippen molar-refractivity contribution >= 4 is 68.2 Å². The van der Waals surface area contributed by atoms with E-state index in [0.29, 0.717) is 22.2 Å². The first-order chi connectivity index (χ1) is 14.5. The van der Waals surface area contributed by atoms with Gasteiger partial charge in [0.1, 0.15) is 10.0 Å². The summed E-state index contributed by atoms with van der Waals surface area (Å²) in [5.74, 6) is -0.0874. The molecule has 2 aromatic heterocycles. The Morgan fingerprint density at radius 2 is 1.80 bits per heavy atom. The van der Waals surface area contributed by atoms with Crippen LogP contribution in [0.25, 0.3) is 27.8 Å². The van der Waals surface area contributed by atoms with Crippen LogP contribution in [0.2, 0.25) is 0 Å². The third-order valence-corrected chi connectivity index (χ3v) is 5.17. The molecule has 4 aromatic rings. The van der Waals surface area contributed by atoms with E-state index in [-0.39, 0.29) is 5.82 Å². The molecule has 1 N–H and O–H groups in total. The predicted molar refractivity (Wildman–Crippen MR) is 118 cm³/mol. The van der Waals surface area contributed by atoms with E-state index in [2.05, 4.69) is 20.6 Å². The van der Waals surface area contributed by atoms with Crippen LogP contribution < -0.4 is 5.32 Å². The number of rotatable bonds is 5. The van der Waals surface area contributed by atoms with Gasteiger partial charge in [-0.05, 0) is 24.3 Å². The van der Waals surface area contributed by atoms with E-state index in [1.54, 1.807) is 48.7 Å². The van der Waals surface area contributed by atoms with Crippen molar-refractivity contribution in [2.45, 2.75) is 0 Å². The topological polar surface area (TPSA) is 98.8 Å². The maximum atomic E-state index is 12.0. The predicted octanol–water partition coefficient (Wildman–Crippen LogP) is 5.38. The molecule has 150 valence electrons. The number of benzene rings is 2. The molecule has 0 saturated heterocycles. The number of fused-ring (bicyclic) bond motifs is 2. The van der Waals surface area contributed by atoms with Crippen LogP contribution in [0.1, 0.15) is 0 Å². The maximum Gasteiger partial charge on any atom is 0.332 e. The number of para-hydroxylation sites is 2. The average Bonchev–Trinajstić information content (AvgIpc) is 3.17. The molecule has 0 atom stereocenters. The molecule has 0 aliphatic heterocycles. The largest absolute Gasteiger partial charge is 0.333 e. The summed E-state index contributed by atoms with van der Waals surface area (Å²) in [6, 6.07) is 16.1. The second-order valence-corrected chi connectivity index (χ2v) is 7.35.